The molecular weight excluding hydrogens is 227 g/mol. The van der Waals surface area contributed by atoms with Gasteiger partial charge in [0, 0.05) is 23.4 Å². The van der Waals surface area contributed by atoms with Gasteiger partial charge in [0.15, 0.2) is 0 Å². The number of aromatic amines is 1. The maximum atomic E-state index is 13.7. The van der Waals surface area contributed by atoms with E-state index in [1.165, 1.54) is 25.7 Å². The molecule has 3 nitrogen and oxygen atoms in total. The highest BCUT2D eigenvalue weighted by atomic mass is 32.1. The Balaban J connectivity index is 2.57. The summed E-state index contributed by atoms with van der Waals surface area (Å²) in [6, 6.07) is 4.62. The number of hydrogen-bond acceptors (Lipinski definition) is 3. The minimum Gasteiger partial charge on any atom is -0.497 e. The third-order valence-electron chi connectivity index (χ3n) is 2.18. The Morgan fingerprint density at radius 2 is 2.19 bits per heavy atom. The molecule has 0 radical (unpaired) electrons. The first-order chi connectivity index (χ1) is 7.72. The van der Waals surface area contributed by atoms with Crippen LogP contribution in [0.4, 0.5) is 4.39 Å². The summed E-state index contributed by atoms with van der Waals surface area (Å²) in [5.74, 6) is 0.0897. The average Bonchev–Trinajstić information content (AvgIpc) is 2.30. The van der Waals surface area contributed by atoms with Crippen molar-refractivity contribution >= 4 is 12.2 Å². The van der Waals surface area contributed by atoms with E-state index in [-0.39, 0.29) is 5.82 Å². The lowest BCUT2D eigenvalue weighted by atomic mass is 10.1. The van der Waals surface area contributed by atoms with E-state index in [1.54, 1.807) is 12.1 Å². The smallest absolute Gasteiger partial charge is 0.134 e. The first kappa shape index (κ1) is 10.8. The van der Waals surface area contributed by atoms with Crippen LogP contribution in [0.25, 0.3) is 11.1 Å². The van der Waals surface area contributed by atoms with Gasteiger partial charge in [-0.1, -0.05) is 12.2 Å². The largest absolute Gasteiger partial charge is 0.497 e. The molecule has 0 fully saturated rings. The molecule has 1 heterocycles. The summed E-state index contributed by atoms with van der Waals surface area (Å²) in [5.41, 5.74) is 0.979. The van der Waals surface area contributed by atoms with Gasteiger partial charge in [-0.25, -0.2) is 9.37 Å². The van der Waals surface area contributed by atoms with Crippen molar-refractivity contribution in [2.45, 2.75) is 0 Å². The van der Waals surface area contributed by atoms with Crippen LogP contribution in [0, 0.1) is 10.5 Å². The molecule has 0 saturated heterocycles. The van der Waals surface area contributed by atoms with Crippen molar-refractivity contribution < 1.29 is 9.13 Å². The van der Waals surface area contributed by atoms with Crippen molar-refractivity contribution in [3.8, 4) is 16.9 Å². The Morgan fingerprint density at radius 3 is 2.81 bits per heavy atom. The molecule has 1 aromatic heterocycles. The average molecular weight is 236 g/mol. The zero-order chi connectivity index (χ0) is 11.5. The van der Waals surface area contributed by atoms with E-state index in [0.29, 0.717) is 21.5 Å². The molecule has 0 spiro atoms. The van der Waals surface area contributed by atoms with Crippen LogP contribution in [0.15, 0.2) is 30.7 Å². The van der Waals surface area contributed by atoms with Gasteiger partial charge < -0.3 is 9.72 Å². The van der Waals surface area contributed by atoms with Crippen LogP contribution in [0.1, 0.15) is 0 Å². The maximum Gasteiger partial charge on any atom is 0.134 e. The predicted molar refractivity (Wildman–Crippen MR) is 61.4 cm³/mol. The van der Waals surface area contributed by atoms with E-state index in [4.69, 9.17) is 17.0 Å². The van der Waals surface area contributed by atoms with Crippen molar-refractivity contribution in [2.75, 3.05) is 7.11 Å². The zero-order valence-electron chi connectivity index (χ0n) is 8.53. The maximum absolute atomic E-state index is 13.7. The summed E-state index contributed by atoms with van der Waals surface area (Å²) >= 11 is 5.06. The van der Waals surface area contributed by atoms with Crippen LogP contribution < -0.4 is 4.74 Å². The summed E-state index contributed by atoms with van der Waals surface area (Å²) in [6.07, 6.45) is 3.00. The Hall–Kier alpha value is -1.75. The highest BCUT2D eigenvalue weighted by molar-refractivity contribution is 7.71. The molecule has 2 rings (SSSR count). The SMILES string of the molecule is COc1ccc(-c2cnc[nH]c2=S)c(F)c1. The quantitative estimate of drug-likeness (QED) is 0.815. The number of hydrogen-bond donors (Lipinski definition) is 1. The third kappa shape index (κ3) is 1.94. The Labute approximate surface area is 96.9 Å². The molecule has 0 aliphatic heterocycles. The van der Waals surface area contributed by atoms with Crippen molar-refractivity contribution in [3.63, 3.8) is 0 Å². The van der Waals surface area contributed by atoms with Gasteiger partial charge in [-0.2, -0.15) is 0 Å². The van der Waals surface area contributed by atoms with Crippen LogP contribution in [0.2, 0.25) is 0 Å². The second-order valence-corrected chi connectivity index (χ2v) is 3.55. The lowest BCUT2D eigenvalue weighted by Gasteiger charge is -2.05. The minimum atomic E-state index is -0.383. The lowest BCUT2D eigenvalue weighted by Crippen LogP contribution is -1.90. The molecule has 0 unspecified atom stereocenters. The summed E-state index contributed by atoms with van der Waals surface area (Å²) in [6.45, 7) is 0. The molecule has 0 aliphatic carbocycles. The normalized spacial score (nSPS) is 10.1. The molecule has 0 amide bonds. The molecular formula is C11H9FN2OS. The number of nitrogens with zero attached hydrogens (tertiary/aromatic N) is 1. The van der Waals surface area contributed by atoms with Crippen LogP contribution in [-0.2, 0) is 0 Å². The molecule has 2 aromatic rings. The van der Waals surface area contributed by atoms with Crippen molar-refractivity contribution in [2.24, 2.45) is 0 Å². The number of benzene rings is 1. The molecule has 16 heavy (non-hydrogen) atoms. The topological polar surface area (TPSA) is 37.9 Å². The number of halogens is 1. The lowest BCUT2D eigenvalue weighted by molar-refractivity contribution is 0.411. The minimum absolute atomic E-state index is 0.383. The summed E-state index contributed by atoms with van der Waals surface area (Å²) in [7, 11) is 1.49. The van der Waals surface area contributed by atoms with Crippen LogP contribution >= 0.6 is 12.2 Å². The molecule has 5 heteroatoms. The predicted octanol–water partition coefficient (Wildman–Crippen LogP) is 2.95. The van der Waals surface area contributed by atoms with Gasteiger partial charge in [0.2, 0.25) is 0 Å². The fraction of sp³-hybridized carbons (Fsp3) is 0.0909. The number of H-pyrrole nitrogens is 1. The molecule has 1 aromatic carbocycles. The van der Waals surface area contributed by atoms with Crippen LogP contribution in [0.5, 0.6) is 5.75 Å². The third-order valence-corrected chi connectivity index (χ3v) is 2.52. The number of rotatable bonds is 2. The second-order valence-electron chi connectivity index (χ2n) is 3.14. The van der Waals surface area contributed by atoms with E-state index in [9.17, 15) is 4.39 Å². The molecule has 82 valence electrons. The Morgan fingerprint density at radius 1 is 1.38 bits per heavy atom. The first-order valence-electron chi connectivity index (χ1n) is 4.59. The van der Waals surface area contributed by atoms with E-state index < -0.39 is 0 Å². The first-order valence-corrected chi connectivity index (χ1v) is 5.00. The van der Waals surface area contributed by atoms with Gasteiger partial charge in [0.05, 0.1) is 13.4 Å². The summed E-state index contributed by atoms with van der Waals surface area (Å²) in [4.78, 5) is 6.65. The van der Waals surface area contributed by atoms with Crippen molar-refractivity contribution in [3.05, 3.63) is 41.2 Å². The van der Waals surface area contributed by atoms with E-state index in [2.05, 4.69) is 9.97 Å². The van der Waals surface area contributed by atoms with E-state index in [1.807, 2.05) is 0 Å². The van der Waals surface area contributed by atoms with Crippen LogP contribution in [-0.4, -0.2) is 17.1 Å². The highest BCUT2D eigenvalue weighted by Crippen LogP contribution is 2.25. The van der Waals surface area contributed by atoms with Gasteiger partial charge in [-0.3, -0.25) is 0 Å². The van der Waals surface area contributed by atoms with Gasteiger partial charge >= 0.3 is 0 Å². The Kier molecular flexibility index (Phi) is 2.96. The summed E-state index contributed by atoms with van der Waals surface area (Å²) in [5, 5.41) is 0. The number of methoxy groups -OCH3 is 1. The van der Waals surface area contributed by atoms with Crippen LogP contribution in [0.3, 0.4) is 0 Å². The molecule has 0 saturated carbocycles. The number of nitrogens with one attached hydrogen (secondary N) is 1. The fourth-order valence-electron chi connectivity index (χ4n) is 1.38. The van der Waals surface area contributed by atoms with E-state index in [0.717, 1.165) is 0 Å². The van der Waals surface area contributed by atoms with Crippen molar-refractivity contribution in [1.29, 1.82) is 0 Å². The zero-order valence-corrected chi connectivity index (χ0v) is 9.34. The van der Waals surface area contributed by atoms with Gasteiger partial charge in [0.25, 0.3) is 0 Å². The fourth-order valence-corrected chi connectivity index (χ4v) is 1.59. The monoisotopic (exact) mass is 236 g/mol. The molecule has 1 N–H and O–H groups in total. The Bertz CT molecular complexity index is 568. The van der Waals surface area contributed by atoms with Crippen molar-refractivity contribution in [1.82, 2.24) is 9.97 Å². The second kappa shape index (κ2) is 4.40. The standard InChI is InChI=1S/C11H9FN2OS/c1-15-7-2-3-8(10(12)4-7)9-5-13-6-14-11(9)16/h2-6H,1H3,(H,13,14,16). The van der Waals surface area contributed by atoms with Gasteiger partial charge in [-0.15, -0.1) is 0 Å². The molecule has 0 bridgehead atoms. The number of aromatic nitrogens is 2. The van der Waals surface area contributed by atoms with E-state index >= 15 is 0 Å². The molecule has 0 aliphatic rings. The number of ether oxygens (including phenoxy) is 1. The van der Waals surface area contributed by atoms with Gasteiger partial charge in [0.1, 0.15) is 16.2 Å². The highest BCUT2D eigenvalue weighted by Gasteiger charge is 2.08. The molecule has 0 atom stereocenters. The van der Waals surface area contributed by atoms with Gasteiger partial charge in [-0.05, 0) is 12.1 Å². The summed E-state index contributed by atoms with van der Waals surface area (Å²) < 4.78 is 19.1.